The largest absolute Gasteiger partial charge is 0.383 e. The molecule has 0 saturated carbocycles. The van der Waals surface area contributed by atoms with Crippen molar-refractivity contribution in [2.24, 2.45) is 0 Å². The highest BCUT2D eigenvalue weighted by molar-refractivity contribution is 7.09. The van der Waals surface area contributed by atoms with E-state index in [4.69, 9.17) is 5.73 Å². The van der Waals surface area contributed by atoms with Crippen LogP contribution in [0.2, 0.25) is 0 Å². The van der Waals surface area contributed by atoms with E-state index in [2.05, 4.69) is 15.3 Å². The highest BCUT2D eigenvalue weighted by Gasteiger charge is 2.16. The Morgan fingerprint density at radius 3 is 2.95 bits per heavy atom. The van der Waals surface area contributed by atoms with E-state index in [1.165, 1.54) is 11.3 Å². The minimum atomic E-state index is -0.633. The van der Waals surface area contributed by atoms with Crippen molar-refractivity contribution in [3.05, 3.63) is 44.5 Å². The number of hydrogen-bond donors (Lipinski definition) is 2. The van der Waals surface area contributed by atoms with Gasteiger partial charge in [-0.25, -0.2) is 4.98 Å². The molecule has 0 aliphatic carbocycles. The van der Waals surface area contributed by atoms with Gasteiger partial charge in [-0.15, -0.1) is 11.3 Å². The van der Waals surface area contributed by atoms with Crippen LogP contribution in [-0.4, -0.2) is 20.8 Å². The summed E-state index contributed by atoms with van der Waals surface area (Å²) in [6.45, 7) is 0.283. The van der Waals surface area contributed by atoms with E-state index >= 15 is 0 Å². The molecular formula is C10H9N5O3S. The predicted molar refractivity (Wildman–Crippen MR) is 68.6 cm³/mol. The summed E-state index contributed by atoms with van der Waals surface area (Å²) in [5.41, 5.74) is 6.88. The Morgan fingerprint density at radius 2 is 2.32 bits per heavy atom. The third-order valence-electron chi connectivity index (χ3n) is 2.27. The number of nitrogens with two attached hydrogens (primary N) is 1. The van der Waals surface area contributed by atoms with E-state index in [9.17, 15) is 14.9 Å². The van der Waals surface area contributed by atoms with Crippen LogP contribution in [0.1, 0.15) is 15.2 Å². The lowest BCUT2D eigenvalue weighted by atomic mass is 10.2. The number of nitrogens with zero attached hydrogens (tertiary/aromatic N) is 3. The Morgan fingerprint density at radius 1 is 1.53 bits per heavy atom. The first-order valence-electron chi connectivity index (χ1n) is 5.13. The van der Waals surface area contributed by atoms with Crippen molar-refractivity contribution in [2.45, 2.75) is 6.54 Å². The Balaban J connectivity index is 2.14. The number of nitro groups is 1. The van der Waals surface area contributed by atoms with Crippen LogP contribution in [0.4, 0.5) is 11.5 Å². The van der Waals surface area contributed by atoms with E-state index < -0.39 is 10.8 Å². The normalized spacial score (nSPS) is 10.1. The topological polar surface area (TPSA) is 124 Å². The molecule has 0 saturated heterocycles. The first-order chi connectivity index (χ1) is 9.08. The van der Waals surface area contributed by atoms with Crippen LogP contribution in [0.3, 0.4) is 0 Å². The molecule has 0 spiro atoms. The Kier molecular flexibility index (Phi) is 3.66. The molecule has 1 amide bonds. The van der Waals surface area contributed by atoms with E-state index in [-0.39, 0.29) is 23.6 Å². The second kappa shape index (κ2) is 5.40. The minimum Gasteiger partial charge on any atom is -0.383 e. The predicted octanol–water partition coefficient (Wildman–Crippen LogP) is 0.958. The van der Waals surface area contributed by atoms with Crippen molar-refractivity contribution in [3.8, 4) is 0 Å². The SMILES string of the molecule is Nc1ncc([N+](=O)[O-])cc1C(=O)NCc1cncs1. The zero-order chi connectivity index (χ0) is 13.8. The molecular weight excluding hydrogens is 270 g/mol. The number of carbonyl (C=O) groups excluding carboxylic acids is 1. The number of anilines is 1. The summed E-state index contributed by atoms with van der Waals surface area (Å²) in [6, 6.07) is 1.10. The lowest BCUT2D eigenvalue weighted by molar-refractivity contribution is -0.385. The fourth-order valence-corrected chi connectivity index (χ4v) is 1.87. The van der Waals surface area contributed by atoms with Crippen molar-refractivity contribution in [2.75, 3.05) is 5.73 Å². The first kappa shape index (κ1) is 12.9. The van der Waals surface area contributed by atoms with Gasteiger partial charge in [-0.3, -0.25) is 19.9 Å². The van der Waals surface area contributed by atoms with Gasteiger partial charge in [0.05, 0.1) is 22.5 Å². The summed E-state index contributed by atoms with van der Waals surface area (Å²) in [6.07, 6.45) is 2.63. The molecule has 2 rings (SSSR count). The molecule has 9 heteroatoms. The summed E-state index contributed by atoms with van der Waals surface area (Å²) < 4.78 is 0. The molecule has 0 unspecified atom stereocenters. The van der Waals surface area contributed by atoms with E-state index in [1.54, 1.807) is 11.7 Å². The fourth-order valence-electron chi connectivity index (χ4n) is 1.34. The maximum absolute atomic E-state index is 11.9. The average Bonchev–Trinajstić information content (AvgIpc) is 2.89. The van der Waals surface area contributed by atoms with Gasteiger partial charge in [0.25, 0.3) is 11.6 Å². The Labute approximate surface area is 111 Å². The molecule has 0 aromatic carbocycles. The van der Waals surface area contributed by atoms with Gasteiger partial charge in [0.15, 0.2) is 0 Å². The van der Waals surface area contributed by atoms with Crippen LogP contribution in [0, 0.1) is 10.1 Å². The zero-order valence-corrected chi connectivity index (χ0v) is 10.4. The number of rotatable bonds is 4. The molecule has 0 aliphatic heterocycles. The summed E-state index contributed by atoms with van der Waals surface area (Å²) >= 11 is 1.39. The quantitative estimate of drug-likeness (QED) is 0.634. The van der Waals surface area contributed by atoms with Gasteiger partial charge < -0.3 is 11.1 Å². The number of carbonyl (C=O) groups is 1. The minimum absolute atomic E-state index is 0.0151. The van der Waals surface area contributed by atoms with Crippen molar-refractivity contribution < 1.29 is 9.72 Å². The van der Waals surface area contributed by atoms with Gasteiger partial charge in [0, 0.05) is 17.1 Å². The highest BCUT2D eigenvalue weighted by atomic mass is 32.1. The van der Waals surface area contributed by atoms with Gasteiger partial charge in [-0.05, 0) is 0 Å². The summed E-state index contributed by atoms with van der Waals surface area (Å²) in [7, 11) is 0. The zero-order valence-electron chi connectivity index (χ0n) is 9.57. The average molecular weight is 279 g/mol. The van der Waals surface area contributed by atoms with Gasteiger partial charge in [-0.2, -0.15) is 0 Å². The van der Waals surface area contributed by atoms with E-state index in [0.717, 1.165) is 17.1 Å². The third-order valence-corrected chi connectivity index (χ3v) is 3.05. The molecule has 19 heavy (non-hydrogen) atoms. The number of nitrogen functional groups attached to an aromatic ring is 1. The standard InChI is InChI=1S/C10H9N5O3S/c11-9-8(1-6(2-13-9)15(17)18)10(16)14-4-7-3-12-5-19-7/h1-3,5H,4H2,(H2,11,13)(H,14,16). The lowest BCUT2D eigenvalue weighted by Crippen LogP contribution is -2.23. The third kappa shape index (κ3) is 3.01. The maximum atomic E-state index is 11.9. The van der Waals surface area contributed by atoms with Crippen LogP contribution in [0.15, 0.2) is 24.0 Å². The molecule has 2 heterocycles. The van der Waals surface area contributed by atoms with E-state index in [0.29, 0.717) is 0 Å². The number of hydrogen-bond acceptors (Lipinski definition) is 7. The number of nitrogens with one attached hydrogen (secondary N) is 1. The van der Waals surface area contributed by atoms with Gasteiger partial charge >= 0.3 is 0 Å². The molecule has 2 aromatic heterocycles. The molecule has 0 aliphatic rings. The molecule has 0 atom stereocenters. The summed E-state index contributed by atoms with van der Waals surface area (Å²) in [5, 5.41) is 13.2. The number of aromatic nitrogens is 2. The van der Waals surface area contributed by atoms with Crippen LogP contribution >= 0.6 is 11.3 Å². The van der Waals surface area contributed by atoms with Crippen LogP contribution in [0.25, 0.3) is 0 Å². The fraction of sp³-hybridized carbons (Fsp3) is 0.100. The molecule has 98 valence electrons. The monoisotopic (exact) mass is 279 g/mol. The molecule has 2 aromatic rings. The Hall–Kier alpha value is -2.55. The number of thiazole rings is 1. The van der Waals surface area contributed by atoms with E-state index in [1.807, 2.05) is 0 Å². The van der Waals surface area contributed by atoms with Gasteiger partial charge in [-0.1, -0.05) is 0 Å². The van der Waals surface area contributed by atoms with Gasteiger partial charge in [0.2, 0.25) is 0 Å². The summed E-state index contributed by atoms with van der Waals surface area (Å²) in [4.78, 5) is 30.2. The van der Waals surface area contributed by atoms with Crippen LogP contribution in [-0.2, 0) is 6.54 Å². The lowest BCUT2D eigenvalue weighted by Gasteiger charge is -2.05. The molecule has 8 nitrogen and oxygen atoms in total. The highest BCUT2D eigenvalue weighted by Crippen LogP contribution is 2.16. The molecule has 0 radical (unpaired) electrons. The van der Waals surface area contributed by atoms with Crippen LogP contribution in [0.5, 0.6) is 0 Å². The second-order valence-corrected chi connectivity index (χ2v) is 4.50. The molecule has 0 bridgehead atoms. The molecule has 0 fully saturated rings. The number of amides is 1. The van der Waals surface area contributed by atoms with Crippen LogP contribution < -0.4 is 11.1 Å². The smallest absolute Gasteiger partial charge is 0.288 e. The van der Waals surface area contributed by atoms with Crippen molar-refractivity contribution >= 4 is 28.7 Å². The maximum Gasteiger partial charge on any atom is 0.288 e. The number of pyridine rings is 1. The second-order valence-electron chi connectivity index (χ2n) is 3.53. The Bertz CT molecular complexity index is 614. The van der Waals surface area contributed by atoms with Crippen molar-refractivity contribution in [1.82, 2.24) is 15.3 Å². The first-order valence-corrected chi connectivity index (χ1v) is 6.01. The van der Waals surface area contributed by atoms with Gasteiger partial charge in [0.1, 0.15) is 12.0 Å². The molecule has 3 N–H and O–H groups in total. The van der Waals surface area contributed by atoms with Crippen molar-refractivity contribution in [3.63, 3.8) is 0 Å². The summed E-state index contributed by atoms with van der Waals surface area (Å²) in [5.74, 6) is -0.561. The van der Waals surface area contributed by atoms with Crippen molar-refractivity contribution in [1.29, 1.82) is 0 Å².